The Morgan fingerprint density at radius 1 is 1.37 bits per heavy atom. The van der Waals surface area contributed by atoms with Crippen LogP contribution in [0.3, 0.4) is 0 Å². The maximum Gasteiger partial charge on any atom is 0.201 e. The summed E-state index contributed by atoms with van der Waals surface area (Å²) in [5.74, 6) is -0.0470. The molecule has 0 aliphatic carbocycles. The molecule has 19 heavy (non-hydrogen) atoms. The molecule has 0 fully saturated rings. The van der Waals surface area contributed by atoms with E-state index in [1.165, 1.54) is 6.07 Å². The number of halogens is 1. The lowest BCUT2D eigenvalue weighted by Gasteiger charge is -2.05. The van der Waals surface area contributed by atoms with E-state index >= 15 is 0 Å². The van der Waals surface area contributed by atoms with Crippen molar-refractivity contribution in [3.05, 3.63) is 41.5 Å². The van der Waals surface area contributed by atoms with Gasteiger partial charge in [0.05, 0.1) is 17.8 Å². The highest BCUT2D eigenvalue weighted by molar-refractivity contribution is 5.79. The molecule has 2 N–H and O–H groups in total. The van der Waals surface area contributed by atoms with Crippen molar-refractivity contribution in [2.24, 2.45) is 7.05 Å². The zero-order valence-corrected chi connectivity index (χ0v) is 10.8. The highest BCUT2D eigenvalue weighted by atomic mass is 19.1. The van der Waals surface area contributed by atoms with Gasteiger partial charge < -0.3 is 10.3 Å². The number of aryl methyl sites for hydroxylation is 2. The van der Waals surface area contributed by atoms with Crippen LogP contribution in [0.25, 0.3) is 11.0 Å². The van der Waals surface area contributed by atoms with E-state index in [1.54, 1.807) is 15.3 Å². The zero-order valence-electron chi connectivity index (χ0n) is 10.8. The number of fused-ring (bicyclic) bond motifs is 1. The monoisotopic (exact) mass is 259 g/mol. The Balaban J connectivity index is 2.13. The molecular weight excluding hydrogens is 245 g/mol. The van der Waals surface area contributed by atoms with E-state index in [9.17, 15) is 4.39 Å². The van der Waals surface area contributed by atoms with Crippen LogP contribution in [-0.4, -0.2) is 19.3 Å². The van der Waals surface area contributed by atoms with Crippen LogP contribution in [-0.2, 0) is 13.6 Å². The Hall–Kier alpha value is -2.37. The third-order valence-corrected chi connectivity index (χ3v) is 3.20. The van der Waals surface area contributed by atoms with Gasteiger partial charge in [-0.3, -0.25) is 4.68 Å². The van der Waals surface area contributed by atoms with Gasteiger partial charge in [-0.05, 0) is 19.1 Å². The minimum atomic E-state index is -0.356. The summed E-state index contributed by atoms with van der Waals surface area (Å²) in [6.07, 6.45) is 1.93. The van der Waals surface area contributed by atoms with E-state index in [1.807, 2.05) is 26.2 Å². The van der Waals surface area contributed by atoms with E-state index in [0.717, 1.165) is 11.3 Å². The summed E-state index contributed by atoms with van der Waals surface area (Å²) in [5.41, 5.74) is 8.86. The number of nitrogen functional groups attached to an aromatic ring is 1. The molecule has 3 aromatic rings. The first-order valence-electron chi connectivity index (χ1n) is 5.95. The molecule has 3 rings (SSSR count). The maximum absolute atomic E-state index is 13.7. The SMILES string of the molecule is Cc1nn(C)cc1Cn1c(N)nc2c(F)cccc21. The van der Waals surface area contributed by atoms with Gasteiger partial charge in [-0.2, -0.15) is 5.10 Å². The summed E-state index contributed by atoms with van der Waals surface area (Å²) < 4.78 is 17.2. The third-order valence-electron chi connectivity index (χ3n) is 3.20. The molecular formula is C13H14FN5. The van der Waals surface area contributed by atoms with E-state index in [2.05, 4.69) is 10.1 Å². The van der Waals surface area contributed by atoms with Crippen LogP contribution in [0.5, 0.6) is 0 Å². The number of benzene rings is 1. The van der Waals surface area contributed by atoms with Crippen molar-refractivity contribution in [1.82, 2.24) is 19.3 Å². The fourth-order valence-electron chi connectivity index (χ4n) is 2.27. The maximum atomic E-state index is 13.7. The number of hydrogen-bond acceptors (Lipinski definition) is 3. The topological polar surface area (TPSA) is 61.7 Å². The summed E-state index contributed by atoms with van der Waals surface area (Å²) in [5, 5.41) is 4.29. The number of hydrogen-bond donors (Lipinski definition) is 1. The van der Waals surface area contributed by atoms with Crippen LogP contribution in [0.15, 0.2) is 24.4 Å². The lowest BCUT2D eigenvalue weighted by Crippen LogP contribution is -2.04. The number of rotatable bonds is 2. The molecule has 0 aliphatic rings. The number of nitrogens with zero attached hydrogens (tertiary/aromatic N) is 4. The number of anilines is 1. The molecule has 0 aliphatic heterocycles. The first-order chi connectivity index (χ1) is 9.06. The molecule has 1 aromatic carbocycles. The molecule has 0 radical (unpaired) electrons. The highest BCUT2D eigenvalue weighted by Crippen LogP contribution is 2.22. The molecule has 0 spiro atoms. The second-order valence-electron chi connectivity index (χ2n) is 4.58. The molecule has 2 aromatic heterocycles. The Bertz CT molecular complexity index is 756. The largest absolute Gasteiger partial charge is 0.369 e. The van der Waals surface area contributed by atoms with E-state index in [0.29, 0.717) is 23.5 Å². The highest BCUT2D eigenvalue weighted by Gasteiger charge is 2.13. The Labute approximate surface area is 109 Å². The second kappa shape index (κ2) is 4.08. The van der Waals surface area contributed by atoms with Crippen molar-refractivity contribution in [3.63, 3.8) is 0 Å². The average Bonchev–Trinajstić information content (AvgIpc) is 2.83. The molecule has 98 valence electrons. The van der Waals surface area contributed by atoms with Crippen LogP contribution >= 0.6 is 0 Å². The lowest BCUT2D eigenvalue weighted by atomic mass is 10.2. The fourth-order valence-corrected chi connectivity index (χ4v) is 2.27. The molecule has 6 heteroatoms. The summed E-state index contributed by atoms with van der Waals surface area (Å²) in [6.45, 7) is 2.47. The van der Waals surface area contributed by atoms with Crippen molar-refractivity contribution in [1.29, 1.82) is 0 Å². The molecule has 0 amide bonds. The standard InChI is InChI=1S/C13H14FN5/c1-8-9(6-18(2)17-8)7-19-11-5-3-4-10(14)12(11)16-13(19)15/h3-6H,7H2,1-2H3,(H2,15,16). The van der Waals surface area contributed by atoms with E-state index < -0.39 is 0 Å². The predicted molar refractivity (Wildman–Crippen MR) is 71.2 cm³/mol. The summed E-state index contributed by atoms with van der Waals surface area (Å²) in [7, 11) is 1.87. The van der Waals surface area contributed by atoms with Gasteiger partial charge in [0.25, 0.3) is 0 Å². The zero-order chi connectivity index (χ0) is 13.6. The van der Waals surface area contributed by atoms with Crippen LogP contribution in [0.4, 0.5) is 10.3 Å². The normalized spacial score (nSPS) is 11.3. The van der Waals surface area contributed by atoms with Crippen LogP contribution < -0.4 is 5.73 Å². The Kier molecular flexibility index (Phi) is 2.51. The molecule has 0 saturated heterocycles. The van der Waals surface area contributed by atoms with Crippen LogP contribution in [0.2, 0.25) is 0 Å². The average molecular weight is 259 g/mol. The minimum absolute atomic E-state index is 0.307. The molecule has 0 unspecified atom stereocenters. The number of imidazole rings is 1. The van der Waals surface area contributed by atoms with Gasteiger partial charge in [-0.1, -0.05) is 6.07 Å². The van der Waals surface area contributed by atoms with Gasteiger partial charge in [-0.25, -0.2) is 9.37 Å². The van der Waals surface area contributed by atoms with E-state index in [4.69, 9.17) is 5.73 Å². The lowest BCUT2D eigenvalue weighted by molar-refractivity contribution is 0.637. The second-order valence-corrected chi connectivity index (χ2v) is 4.58. The fraction of sp³-hybridized carbons (Fsp3) is 0.231. The molecule has 5 nitrogen and oxygen atoms in total. The van der Waals surface area contributed by atoms with Crippen LogP contribution in [0.1, 0.15) is 11.3 Å². The molecule has 0 bridgehead atoms. The smallest absolute Gasteiger partial charge is 0.201 e. The predicted octanol–water partition coefficient (Wildman–Crippen LogP) is 1.85. The summed E-state index contributed by atoms with van der Waals surface area (Å²) in [6, 6.07) is 4.85. The van der Waals surface area contributed by atoms with Crippen molar-refractivity contribution < 1.29 is 4.39 Å². The Morgan fingerprint density at radius 2 is 2.16 bits per heavy atom. The summed E-state index contributed by atoms with van der Waals surface area (Å²) >= 11 is 0. The number of aromatic nitrogens is 4. The van der Waals surface area contributed by atoms with Crippen molar-refractivity contribution >= 4 is 17.0 Å². The van der Waals surface area contributed by atoms with Gasteiger partial charge in [0, 0.05) is 18.8 Å². The molecule has 0 saturated carbocycles. The van der Waals surface area contributed by atoms with Gasteiger partial charge in [0.15, 0.2) is 5.82 Å². The summed E-state index contributed by atoms with van der Waals surface area (Å²) in [4.78, 5) is 4.08. The first-order valence-corrected chi connectivity index (χ1v) is 5.95. The van der Waals surface area contributed by atoms with Gasteiger partial charge in [-0.15, -0.1) is 0 Å². The Morgan fingerprint density at radius 3 is 2.84 bits per heavy atom. The van der Waals surface area contributed by atoms with Gasteiger partial charge >= 0.3 is 0 Å². The number of nitrogens with two attached hydrogens (primary N) is 1. The molecule has 2 heterocycles. The van der Waals surface area contributed by atoms with Crippen molar-refractivity contribution in [2.45, 2.75) is 13.5 Å². The first kappa shape index (κ1) is 11.7. The van der Waals surface area contributed by atoms with E-state index in [-0.39, 0.29) is 5.82 Å². The molecule has 0 atom stereocenters. The van der Waals surface area contributed by atoms with Crippen molar-refractivity contribution in [2.75, 3.05) is 5.73 Å². The van der Waals surface area contributed by atoms with Crippen LogP contribution in [0, 0.1) is 12.7 Å². The van der Waals surface area contributed by atoms with Gasteiger partial charge in [0.2, 0.25) is 5.95 Å². The quantitative estimate of drug-likeness (QED) is 0.764. The van der Waals surface area contributed by atoms with Crippen molar-refractivity contribution in [3.8, 4) is 0 Å². The number of para-hydroxylation sites is 1. The minimum Gasteiger partial charge on any atom is -0.369 e. The third kappa shape index (κ3) is 1.85. The van der Waals surface area contributed by atoms with Gasteiger partial charge in [0.1, 0.15) is 5.52 Å².